The highest BCUT2D eigenvalue weighted by Gasteiger charge is 2.25. The third-order valence-corrected chi connectivity index (χ3v) is 4.75. The number of esters is 1. The van der Waals surface area contributed by atoms with E-state index in [0.717, 1.165) is 26.8 Å². The number of carbonyl (C=O) groups is 1. The Hall–Kier alpha value is -2.66. The number of methoxy groups -OCH3 is 1. The van der Waals surface area contributed by atoms with Crippen molar-refractivity contribution in [3.8, 4) is 26.8 Å². The zero-order valence-corrected chi connectivity index (χ0v) is 16.1. The zero-order chi connectivity index (χ0) is 18.7. The molecule has 0 spiro atoms. The molecule has 0 N–H and O–H groups in total. The molecule has 0 amide bonds. The Morgan fingerprint density at radius 2 is 1.62 bits per heavy atom. The van der Waals surface area contributed by atoms with Crippen LogP contribution in [0, 0.1) is 0 Å². The third-order valence-electron chi connectivity index (χ3n) is 3.59. The highest BCUT2D eigenvalue weighted by Crippen LogP contribution is 2.37. The Balaban J connectivity index is 2.07. The van der Waals surface area contributed by atoms with Gasteiger partial charge in [-0.3, -0.25) is 0 Å². The van der Waals surface area contributed by atoms with Crippen molar-refractivity contribution >= 4 is 17.3 Å². The molecule has 26 heavy (non-hydrogen) atoms. The topological polar surface area (TPSA) is 48.4 Å². The molecule has 0 fully saturated rings. The van der Waals surface area contributed by atoms with Crippen molar-refractivity contribution in [3.63, 3.8) is 0 Å². The number of hydrogen-bond donors (Lipinski definition) is 0. The Labute approximate surface area is 157 Å². The summed E-state index contributed by atoms with van der Waals surface area (Å²) in [6.45, 7) is 5.55. The summed E-state index contributed by atoms with van der Waals surface area (Å²) < 4.78 is 10.8. The number of ether oxygens (including phenoxy) is 2. The van der Waals surface area contributed by atoms with Crippen LogP contribution in [0.1, 0.15) is 31.3 Å². The Morgan fingerprint density at radius 1 is 0.962 bits per heavy atom. The fourth-order valence-electron chi connectivity index (χ4n) is 2.43. The summed E-state index contributed by atoms with van der Waals surface area (Å²) in [5.74, 6) is 0.349. The maximum absolute atomic E-state index is 12.7. The fourth-order valence-corrected chi connectivity index (χ4v) is 3.49. The lowest BCUT2D eigenvalue weighted by molar-refractivity contribution is 0.00647. The minimum absolute atomic E-state index is 0.342. The molecule has 0 radical (unpaired) electrons. The number of rotatable bonds is 4. The van der Waals surface area contributed by atoms with Crippen LogP contribution in [0.2, 0.25) is 0 Å². The molecule has 0 atom stereocenters. The Morgan fingerprint density at radius 3 is 2.19 bits per heavy atom. The normalized spacial score (nSPS) is 11.2. The first-order chi connectivity index (χ1) is 12.4. The monoisotopic (exact) mass is 367 g/mol. The second-order valence-corrected chi connectivity index (χ2v) is 7.79. The molecule has 0 aliphatic carbocycles. The van der Waals surface area contributed by atoms with Crippen LogP contribution in [-0.2, 0) is 4.74 Å². The summed E-state index contributed by atoms with van der Waals surface area (Å²) in [5, 5.41) is 0.789. The van der Waals surface area contributed by atoms with Gasteiger partial charge in [-0.05, 0) is 50.6 Å². The highest BCUT2D eigenvalue weighted by molar-refractivity contribution is 7.18. The van der Waals surface area contributed by atoms with Gasteiger partial charge in [0.05, 0.1) is 12.0 Å². The lowest BCUT2D eigenvalue weighted by atomic mass is 10.1. The summed E-state index contributed by atoms with van der Waals surface area (Å²) in [5.41, 5.74) is 1.65. The van der Waals surface area contributed by atoms with E-state index in [0.29, 0.717) is 5.69 Å². The molecule has 4 nitrogen and oxygen atoms in total. The minimum Gasteiger partial charge on any atom is -0.497 e. The van der Waals surface area contributed by atoms with E-state index in [9.17, 15) is 4.79 Å². The van der Waals surface area contributed by atoms with Crippen molar-refractivity contribution in [2.45, 2.75) is 26.4 Å². The first-order valence-corrected chi connectivity index (χ1v) is 9.13. The SMILES string of the molecule is COc1ccc(-c2sc(-c3ccccc3)nc2C(=O)OC(C)(C)C)cc1. The highest BCUT2D eigenvalue weighted by atomic mass is 32.1. The van der Waals surface area contributed by atoms with E-state index >= 15 is 0 Å². The molecule has 0 saturated carbocycles. The first kappa shape index (κ1) is 18.1. The van der Waals surface area contributed by atoms with Crippen molar-refractivity contribution in [2.24, 2.45) is 0 Å². The molecule has 0 unspecified atom stereocenters. The zero-order valence-electron chi connectivity index (χ0n) is 15.3. The van der Waals surface area contributed by atoms with Crippen LogP contribution in [0.25, 0.3) is 21.0 Å². The second-order valence-electron chi connectivity index (χ2n) is 6.79. The standard InChI is InChI=1S/C21H21NO3S/c1-21(2,3)25-20(23)17-18(14-10-12-16(24-4)13-11-14)26-19(22-17)15-8-6-5-7-9-15/h5-13H,1-4H3. The predicted molar refractivity (Wildman–Crippen MR) is 105 cm³/mol. The number of benzene rings is 2. The average Bonchev–Trinajstić information content (AvgIpc) is 3.07. The largest absolute Gasteiger partial charge is 0.497 e. The van der Waals surface area contributed by atoms with Gasteiger partial charge in [0.15, 0.2) is 5.69 Å². The smallest absolute Gasteiger partial charge is 0.359 e. The number of hydrogen-bond acceptors (Lipinski definition) is 5. The molecule has 0 bridgehead atoms. The molecule has 5 heteroatoms. The van der Waals surface area contributed by atoms with Gasteiger partial charge in [-0.2, -0.15) is 0 Å². The molecule has 3 aromatic rings. The maximum atomic E-state index is 12.7. The van der Waals surface area contributed by atoms with Crippen molar-refractivity contribution in [2.75, 3.05) is 7.11 Å². The lowest BCUT2D eigenvalue weighted by Gasteiger charge is -2.19. The van der Waals surface area contributed by atoms with Crippen LogP contribution in [-0.4, -0.2) is 23.7 Å². The van der Waals surface area contributed by atoms with Crippen molar-refractivity contribution in [3.05, 3.63) is 60.3 Å². The Kier molecular flexibility index (Phi) is 5.09. The van der Waals surface area contributed by atoms with Crippen LogP contribution in [0.15, 0.2) is 54.6 Å². The van der Waals surface area contributed by atoms with Crippen LogP contribution in [0.4, 0.5) is 0 Å². The minimum atomic E-state index is -0.579. The molecule has 0 aliphatic heterocycles. The quantitative estimate of drug-likeness (QED) is 0.576. The van der Waals surface area contributed by atoms with Gasteiger partial charge in [0.2, 0.25) is 0 Å². The van der Waals surface area contributed by atoms with Gasteiger partial charge in [-0.1, -0.05) is 30.3 Å². The molecule has 0 aliphatic rings. The van der Waals surface area contributed by atoms with E-state index in [2.05, 4.69) is 4.98 Å². The molecule has 3 rings (SSSR count). The average molecular weight is 367 g/mol. The van der Waals surface area contributed by atoms with Gasteiger partial charge in [0, 0.05) is 5.56 Å². The van der Waals surface area contributed by atoms with Gasteiger partial charge in [0.25, 0.3) is 0 Å². The van der Waals surface area contributed by atoms with E-state index in [-0.39, 0.29) is 0 Å². The van der Waals surface area contributed by atoms with E-state index < -0.39 is 11.6 Å². The van der Waals surface area contributed by atoms with Gasteiger partial charge in [-0.25, -0.2) is 9.78 Å². The van der Waals surface area contributed by atoms with Crippen LogP contribution in [0.5, 0.6) is 5.75 Å². The summed E-state index contributed by atoms with van der Waals surface area (Å²) in [4.78, 5) is 18.1. The summed E-state index contributed by atoms with van der Waals surface area (Å²) >= 11 is 1.48. The van der Waals surface area contributed by atoms with E-state index in [4.69, 9.17) is 9.47 Å². The van der Waals surface area contributed by atoms with Crippen molar-refractivity contribution in [1.82, 2.24) is 4.98 Å². The lowest BCUT2D eigenvalue weighted by Crippen LogP contribution is -2.24. The molecule has 0 saturated heterocycles. The molecular formula is C21H21NO3S. The molecular weight excluding hydrogens is 346 g/mol. The number of aromatic nitrogens is 1. The Bertz CT molecular complexity index is 893. The second kappa shape index (κ2) is 7.30. The van der Waals surface area contributed by atoms with Crippen molar-refractivity contribution < 1.29 is 14.3 Å². The molecule has 134 valence electrons. The van der Waals surface area contributed by atoms with Crippen LogP contribution >= 0.6 is 11.3 Å². The van der Waals surface area contributed by atoms with Gasteiger partial charge in [-0.15, -0.1) is 11.3 Å². The predicted octanol–water partition coefficient (Wildman–Crippen LogP) is 5.44. The molecule has 1 heterocycles. The fraction of sp³-hybridized carbons (Fsp3) is 0.238. The van der Waals surface area contributed by atoms with Gasteiger partial charge >= 0.3 is 5.97 Å². The third kappa shape index (κ3) is 4.11. The summed E-state index contributed by atoms with van der Waals surface area (Å²) in [7, 11) is 1.63. The van der Waals surface area contributed by atoms with Crippen LogP contribution < -0.4 is 4.74 Å². The van der Waals surface area contributed by atoms with Gasteiger partial charge < -0.3 is 9.47 Å². The van der Waals surface area contributed by atoms with E-state index in [1.807, 2.05) is 75.4 Å². The summed E-state index contributed by atoms with van der Waals surface area (Å²) in [6.07, 6.45) is 0. The van der Waals surface area contributed by atoms with Crippen molar-refractivity contribution in [1.29, 1.82) is 0 Å². The van der Waals surface area contributed by atoms with E-state index in [1.54, 1.807) is 7.11 Å². The number of thiazole rings is 1. The molecule has 2 aromatic carbocycles. The summed E-state index contributed by atoms with van der Waals surface area (Å²) in [6, 6.07) is 17.4. The van der Waals surface area contributed by atoms with Gasteiger partial charge in [0.1, 0.15) is 16.4 Å². The maximum Gasteiger partial charge on any atom is 0.359 e. The van der Waals surface area contributed by atoms with Crippen LogP contribution in [0.3, 0.4) is 0 Å². The van der Waals surface area contributed by atoms with E-state index in [1.165, 1.54) is 11.3 Å². The molecule has 1 aromatic heterocycles. The number of nitrogens with zero attached hydrogens (tertiary/aromatic N) is 1. The first-order valence-electron chi connectivity index (χ1n) is 8.31. The number of carbonyl (C=O) groups excluding carboxylic acids is 1.